The standard InChI is InChI=1S/C21H26FN3O3/c1-27-19-6-8-20(9-7-19)28-15-10-23-16-21(26)25-13-11-24(12-14-25)18-4-2-17(22)3-5-18/h2-9,23H,10-16H2,1H3. The molecule has 0 atom stereocenters. The van der Waals surface area contributed by atoms with E-state index in [9.17, 15) is 9.18 Å². The Kier molecular flexibility index (Phi) is 7.08. The third-order valence-electron chi connectivity index (χ3n) is 4.71. The van der Waals surface area contributed by atoms with Crippen LogP contribution in [0.5, 0.6) is 11.5 Å². The molecule has 2 aromatic carbocycles. The molecule has 0 unspecified atom stereocenters. The summed E-state index contributed by atoms with van der Waals surface area (Å²) in [6, 6.07) is 13.9. The molecule has 2 aromatic rings. The molecule has 6 nitrogen and oxygen atoms in total. The molecule has 3 rings (SSSR count). The van der Waals surface area contributed by atoms with Gasteiger partial charge in [0.1, 0.15) is 23.9 Å². The predicted octanol–water partition coefficient (Wildman–Crippen LogP) is 2.15. The number of piperazine rings is 1. The lowest BCUT2D eigenvalue weighted by Gasteiger charge is -2.36. The van der Waals surface area contributed by atoms with Crippen LogP contribution in [0.25, 0.3) is 0 Å². The lowest BCUT2D eigenvalue weighted by atomic mass is 10.2. The van der Waals surface area contributed by atoms with Crippen LogP contribution in [0.15, 0.2) is 48.5 Å². The van der Waals surface area contributed by atoms with Crippen molar-refractivity contribution < 1.29 is 18.7 Å². The highest BCUT2D eigenvalue weighted by atomic mass is 19.1. The third-order valence-corrected chi connectivity index (χ3v) is 4.71. The summed E-state index contributed by atoms with van der Waals surface area (Å²) in [4.78, 5) is 16.4. The number of anilines is 1. The summed E-state index contributed by atoms with van der Waals surface area (Å²) in [7, 11) is 1.62. The number of benzene rings is 2. The largest absolute Gasteiger partial charge is 0.497 e. The second-order valence-corrected chi connectivity index (χ2v) is 6.55. The Labute approximate surface area is 164 Å². The van der Waals surface area contributed by atoms with Gasteiger partial charge in [0, 0.05) is 38.4 Å². The van der Waals surface area contributed by atoms with Crippen molar-refractivity contribution in [1.29, 1.82) is 0 Å². The number of nitrogens with one attached hydrogen (secondary N) is 1. The van der Waals surface area contributed by atoms with E-state index in [1.54, 1.807) is 19.2 Å². The quantitative estimate of drug-likeness (QED) is 0.704. The second-order valence-electron chi connectivity index (χ2n) is 6.55. The normalized spacial score (nSPS) is 14.1. The zero-order valence-corrected chi connectivity index (χ0v) is 16.1. The number of hydrogen-bond donors (Lipinski definition) is 1. The number of carbonyl (C=O) groups is 1. The maximum atomic E-state index is 13.0. The minimum absolute atomic E-state index is 0.0863. The molecule has 1 amide bonds. The van der Waals surface area contributed by atoms with E-state index in [2.05, 4.69) is 10.2 Å². The van der Waals surface area contributed by atoms with E-state index in [1.165, 1.54) is 12.1 Å². The molecule has 150 valence electrons. The molecule has 0 aliphatic carbocycles. The van der Waals surface area contributed by atoms with Crippen LogP contribution in [0.4, 0.5) is 10.1 Å². The smallest absolute Gasteiger partial charge is 0.236 e. The Bertz CT molecular complexity index is 744. The Morgan fingerprint density at radius 2 is 1.64 bits per heavy atom. The van der Waals surface area contributed by atoms with Gasteiger partial charge in [0.25, 0.3) is 0 Å². The fraction of sp³-hybridized carbons (Fsp3) is 0.381. The van der Waals surface area contributed by atoms with Crippen molar-refractivity contribution in [2.45, 2.75) is 0 Å². The molecular weight excluding hydrogens is 361 g/mol. The predicted molar refractivity (Wildman–Crippen MR) is 107 cm³/mol. The van der Waals surface area contributed by atoms with Crippen molar-refractivity contribution in [2.75, 3.05) is 57.9 Å². The lowest BCUT2D eigenvalue weighted by molar-refractivity contribution is -0.130. The van der Waals surface area contributed by atoms with E-state index in [-0.39, 0.29) is 11.7 Å². The Morgan fingerprint density at radius 1 is 1.00 bits per heavy atom. The number of nitrogens with zero attached hydrogens (tertiary/aromatic N) is 2. The van der Waals surface area contributed by atoms with Gasteiger partial charge in [-0.3, -0.25) is 4.79 Å². The Balaban J connectivity index is 1.31. The van der Waals surface area contributed by atoms with Crippen molar-refractivity contribution in [3.63, 3.8) is 0 Å². The first-order valence-corrected chi connectivity index (χ1v) is 9.41. The first-order chi connectivity index (χ1) is 13.7. The van der Waals surface area contributed by atoms with Crippen LogP contribution in [0, 0.1) is 5.82 Å². The number of methoxy groups -OCH3 is 1. The monoisotopic (exact) mass is 387 g/mol. The van der Waals surface area contributed by atoms with Crippen LogP contribution in [-0.4, -0.2) is 63.8 Å². The highest BCUT2D eigenvalue weighted by Gasteiger charge is 2.20. The number of halogens is 1. The molecule has 0 aromatic heterocycles. The van der Waals surface area contributed by atoms with Crippen molar-refractivity contribution in [1.82, 2.24) is 10.2 Å². The van der Waals surface area contributed by atoms with Crippen LogP contribution in [-0.2, 0) is 4.79 Å². The molecule has 1 fully saturated rings. The summed E-state index contributed by atoms with van der Waals surface area (Å²) in [6.07, 6.45) is 0. The van der Waals surface area contributed by atoms with E-state index in [0.717, 1.165) is 30.3 Å². The van der Waals surface area contributed by atoms with Crippen molar-refractivity contribution in [3.8, 4) is 11.5 Å². The van der Waals surface area contributed by atoms with E-state index in [0.29, 0.717) is 32.8 Å². The summed E-state index contributed by atoms with van der Waals surface area (Å²) in [5.74, 6) is 1.41. The van der Waals surface area contributed by atoms with Gasteiger partial charge >= 0.3 is 0 Å². The first kappa shape index (κ1) is 19.9. The van der Waals surface area contributed by atoms with E-state index < -0.39 is 0 Å². The molecule has 1 aliphatic rings. The fourth-order valence-corrected chi connectivity index (χ4v) is 3.09. The lowest BCUT2D eigenvalue weighted by Crippen LogP contribution is -2.51. The Hall–Kier alpha value is -2.80. The molecule has 0 saturated carbocycles. The molecule has 28 heavy (non-hydrogen) atoms. The Morgan fingerprint density at radius 3 is 2.29 bits per heavy atom. The molecule has 1 N–H and O–H groups in total. The number of amides is 1. The van der Waals surface area contributed by atoms with Gasteiger partial charge in [-0.05, 0) is 48.5 Å². The highest BCUT2D eigenvalue weighted by molar-refractivity contribution is 5.78. The van der Waals surface area contributed by atoms with Crippen molar-refractivity contribution in [3.05, 3.63) is 54.3 Å². The van der Waals surface area contributed by atoms with Gasteiger partial charge in [0.2, 0.25) is 5.91 Å². The summed E-state index contributed by atoms with van der Waals surface area (Å²) >= 11 is 0. The maximum absolute atomic E-state index is 13.0. The van der Waals surface area contributed by atoms with Gasteiger partial charge < -0.3 is 24.6 Å². The van der Waals surface area contributed by atoms with Crippen LogP contribution < -0.4 is 19.7 Å². The average molecular weight is 387 g/mol. The SMILES string of the molecule is COc1ccc(OCCNCC(=O)N2CCN(c3ccc(F)cc3)CC2)cc1. The number of rotatable bonds is 8. The average Bonchev–Trinajstić information content (AvgIpc) is 2.74. The zero-order chi connectivity index (χ0) is 19.8. The van der Waals surface area contributed by atoms with Gasteiger partial charge in [-0.15, -0.1) is 0 Å². The van der Waals surface area contributed by atoms with Crippen molar-refractivity contribution in [2.24, 2.45) is 0 Å². The van der Waals surface area contributed by atoms with Gasteiger partial charge in [-0.25, -0.2) is 4.39 Å². The van der Waals surface area contributed by atoms with Crippen LogP contribution in [0.2, 0.25) is 0 Å². The summed E-state index contributed by atoms with van der Waals surface area (Å²) < 4.78 is 23.8. The van der Waals surface area contributed by atoms with Gasteiger partial charge in [-0.2, -0.15) is 0 Å². The molecule has 0 spiro atoms. The van der Waals surface area contributed by atoms with Gasteiger partial charge in [0.05, 0.1) is 13.7 Å². The molecule has 1 aliphatic heterocycles. The molecule has 7 heteroatoms. The minimum atomic E-state index is -0.236. The maximum Gasteiger partial charge on any atom is 0.236 e. The summed E-state index contributed by atoms with van der Waals surface area (Å²) in [6.45, 7) is 4.20. The summed E-state index contributed by atoms with van der Waals surface area (Å²) in [5.41, 5.74) is 0.988. The van der Waals surface area contributed by atoms with E-state index in [1.807, 2.05) is 29.2 Å². The number of carbonyl (C=O) groups excluding carboxylic acids is 1. The van der Waals surface area contributed by atoms with E-state index in [4.69, 9.17) is 9.47 Å². The number of hydrogen-bond acceptors (Lipinski definition) is 5. The van der Waals surface area contributed by atoms with Crippen LogP contribution in [0.1, 0.15) is 0 Å². The molecule has 0 radical (unpaired) electrons. The van der Waals surface area contributed by atoms with Gasteiger partial charge in [-0.1, -0.05) is 0 Å². The second kappa shape index (κ2) is 9.94. The third kappa shape index (κ3) is 5.60. The summed E-state index contributed by atoms with van der Waals surface area (Å²) in [5, 5.41) is 3.13. The fourth-order valence-electron chi connectivity index (χ4n) is 3.09. The highest BCUT2D eigenvalue weighted by Crippen LogP contribution is 2.17. The number of ether oxygens (including phenoxy) is 2. The minimum Gasteiger partial charge on any atom is -0.497 e. The van der Waals surface area contributed by atoms with Gasteiger partial charge in [0.15, 0.2) is 0 Å². The molecule has 1 saturated heterocycles. The molecule has 0 bridgehead atoms. The van der Waals surface area contributed by atoms with E-state index >= 15 is 0 Å². The van der Waals surface area contributed by atoms with Crippen molar-refractivity contribution >= 4 is 11.6 Å². The zero-order valence-electron chi connectivity index (χ0n) is 16.1. The topological polar surface area (TPSA) is 54.0 Å². The van der Waals surface area contributed by atoms with Crippen LogP contribution >= 0.6 is 0 Å². The van der Waals surface area contributed by atoms with Crippen LogP contribution in [0.3, 0.4) is 0 Å². The first-order valence-electron chi connectivity index (χ1n) is 9.41. The molecular formula is C21H26FN3O3. The molecule has 1 heterocycles.